The quantitative estimate of drug-likeness (QED) is 0.758. The number of hydrogen-bond donors (Lipinski definition) is 2. The highest BCUT2D eigenvalue weighted by atomic mass is 32.1. The molecule has 2 heterocycles. The summed E-state index contributed by atoms with van der Waals surface area (Å²) in [7, 11) is 1.81. The molecule has 1 amide bonds. The summed E-state index contributed by atoms with van der Waals surface area (Å²) in [4.78, 5) is 16.7. The van der Waals surface area contributed by atoms with Gasteiger partial charge in [0.15, 0.2) is 0 Å². The van der Waals surface area contributed by atoms with E-state index >= 15 is 0 Å². The number of anilines is 1. The third-order valence-corrected chi connectivity index (χ3v) is 4.90. The molecule has 1 aliphatic rings. The fraction of sp³-hybridized carbons (Fsp3) is 0.733. The summed E-state index contributed by atoms with van der Waals surface area (Å²) in [5, 5.41) is 13.8. The number of aliphatic hydroxyl groups is 1. The van der Waals surface area contributed by atoms with Crippen molar-refractivity contribution in [3.63, 3.8) is 0 Å². The zero-order valence-electron chi connectivity index (χ0n) is 14.0. The highest BCUT2D eigenvalue weighted by molar-refractivity contribution is 7.10. The number of amides is 1. The molecule has 0 unspecified atom stereocenters. The summed E-state index contributed by atoms with van der Waals surface area (Å²) >= 11 is 1.32. The molecule has 0 saturated carbocycles. The number of aromatic nitrogens is 1. The fourth-order valence-electron chi connectivity index (χ4n) is 2.69. The first-order valence-electron chi connectivity index (χ1n) is 7.98. The van der Waals surface area contributed by atoms with Crippen LogP contribution >= 0.6 is 11.5 Å². The predicted octanol–water partition coefficient (Wildman–Crippen LogP) is 0.648. The lowest BCUT2D eigenvalue weighted by Crippen LogP contribution is -2.51. The first-order valence-corrected chi connectivity index (χ1v) is 8.75. The van der Waals surface area contributed by atoms with Crippen LogP contribution in [-0.2, 0) is 4.74 Å². The molecule has 23 heavy (non-hydrogen) atoms. The van der Waals surface area contributed by atoms with Crippen molar-refractivity contribution in [2.75, 3.05) is 58.3 Å². The van der Waals surface area contributed by atoms with E-state index in [0.29, 0.717) is 38.4 Å². The maximum Gasteiger partial charge on any atom is 0.258 e. The van der Waals surface area contributed by atoms with Gasteiger partial charge in [-0.05, 0) is 25.4 Å². The SMILES string of the molecule is CCOC[C@@H](O)CN1CCN(C(=O)c2c(C)nsc2NC)CC1. The maximum absolute atomic E-state index is 12.7. The van der Waals surface area contributed by atoms with Gasteiger partial charge in [-0.1, -0.05) is 0 Å². The summed E-state index contributed by atoms with van der Waals surface area (Å²) < 4.78 is 9.49. The maximum atomic E-state index is 12.7. The smallest absolute Gasteiger partial charge is 0.258 e. The Morgan fingerprint density at radius 1 is 1.43 bits per heavy atom. The number of carbonyl (C=O) groups is 1. The highest BCUT2D eigenvalue weighted by Gasteiger charge is 2.27. The molecule has 2 rings (SSSR count). The van der Waals surface area contributed by atoms with Gasteiger partial charge in [-0.3, -0.25) is 9.69 Å². The topological polar surface area (TPSA) is 77.9 Å². The molecule has 1 saturated heterocycles. The number of rotatable bonds is 7. The van der Waals surface area contributed by atoms with E-state index < -0.39 is 6.10 Å². The van der Waals surface area contributed by atoms with E-state index in [1.54, 1.807) is 7.05 Å². The zero-order chi connectivity index (χ0) is 16.8. The Balaban J connectivity index is 1.86. The van der Waals surface area contributed by atoms with Crippen LogP contribution in [0.4, 0.5) is 5.00 Å². The number of β-amino-alcohol motifs (C(OH)–C–C–N with tert-alkyl or cyclic N) is 1. The van der Waals surface area contributed by atoms with Crippen molar-refractivity contribution in [3.8, 4) is 0 Å². The van der Waals surface area contributed by atoms with Gasteiger partial charge >= 0.3 is 0 Å². The van der Waals surface area contributed by atoms with Gasteiger partial charge in [-0.15, -0.1) is 0 Å². The Morgan fingerprint density at radius 2 is 2.13 bits per heavy atom. The zero-order valence-corrected chi connectivity index (χ0v) is 14.9. The van der Waals surface area contributed by atoms with Gasteiger partial charge in [0.1, 0.15) is 5.00 Å². The lowest BCUT2D eigenvalue weighted by atomic mass is 10.2. The third-order valence-electron chi connectivity index (χ3n) is 3.95. The van der Waals surface area contributed by atoms with E-state index in [4.69, 9.17) is 4.74 Å². The Hall–Kier alpha value is -1.22. The van der Waals surface area contributed by atoms with E-state index in [1.807, 2.05) is 18.7 Å². The molecule has 0 bridgehead atoms. The molecule has 1 aliphatic heterocycles. The van der Waals surface area contributed by atoms with Crippen molar-refractivity contribution >= 4 is 22.4 Å². The number of aliphatic hydroxyl groups excluding tert-OH is 1. The van der Waals surface area contributed by atoms with Gasteiger partial charge in [-0.2, -0.15) is 4.37 Å². The second-order valence-corrected chi connectivity index (χ2v) is 6.40. The van der Waals surface area contributed by atoms with Gasteiger partial charge < -0.3 is 20.1 Å². The number of nitrogens with one attached hydrogen (secondary N) is 1. The molecule has 0 radical (unpaired) electrons. The third kappa shape index (κ3) is 4.63. The van der Waals surface area contributed by atoms with E-state index in [2.05, 4.69) is 14.6 Å². The van der Waals surface area contributed by atoms with E-state index in [9.17, 15) is 9.90 Å². The van der Waals surface area contributed by atoms with Crippen molar-refractivity contribution in [2.24, 2.45) is 0 Å². The Labute approximate surface area is 141 Å². The van der Waals surface area contributed by atoms with Crippen molar-refractivity contribution in [2.45, 2.75) is 20.0 Å². The predicted molar refractivity (Wildman–Crippen MR) is 91.2 cm³/mol. The molecule has 1 aromatic rings. The van der Waals surface area contributed by atoms with Crippen LogP contribution in [0.3, 0.4) is 0 Å². The molecular weight excluding hydrogens is 316 g/mol. The van der Waals surface area contributed by atoms with Crippen LogP contribution in [-0.4, -0.2) is 84.3 Å². The van der Waals surface area contributed by atoms with Crippen molar-refractivity contribution in [1.82, 2.24) is 14.2 Å². The van der Waals surface area contributed by atoms with E-state index in [-0.39, 0.29) is 5.91 Å². The van der Waals surface area contributed by atoms with E-state index in [0.717, 1.165) is 23.8 Å². The van der Waals surface area contributed by atoms with E-state index in [1.165, 1.54) is 11.5 Å². The second-order valence-electron chi connectivity index (χ2n) is 5.63. The molecule has 1 fully saturated rings. The summed E-state index contributed by atoms with van der Waals surface area (Å²) in [6.45, 7) is 8.20. The first kappa shape index (κ1) is 18.1. The van der Waals surface area contributed by atoms with Gasteiger partial charge in [0.05, 0.1) is 24.0 Å². The summed E-state index contributed by atoms with van der Waals surface area (Å²) in [5.74, 6) is 0.0371. The number of piperazine rings is 1. The summed E-state index contributed by atoms with van der Waals surface area (Å²) in [6, 6.07) is 0. The second kappa shape index (κ2) is 8.58. The average molecular weight is 342 g/mol. The number of nitrogens with zero attached hydrogens (tertiary/aromatic N) is 3. The normalized spacial score (nSPS) is 17.3. The first-order chi connectivity index (χ1) is 11.1. The number of carbonyl (C=O) groups excluding carboxylic acids is 1. The molecule has 1 atom stereocenters. The minimum absolute atomic E-state index is 0.0371. The molecule has 2 N–H and O–H groups in total. The van der Waals surface area contributed by atoms with Crippen molar-refractivity contribution in [3.05, 3.63) is 11.3 Å². The van der Waals surface area contributed by atoms with Crippen LogP contribution in [0.25, 0.3) is 0 Å². The van der Waals surface area contributed by atoms with Crippen LogP contribution in [0.1, 0.15) is 23.0 Å². The Morgan fingerprint density at radius 3 is 2.74 bits per heavy atom. The Kier molecular flexibility index (Phi) is 6.76. The van der Waals surface area contributed by atoms with Crippen molar-refractivity contribution in [1.29, 1.82) is 0 Å². The molecule has 7 nitrogen and oxygen atoms in total. The number of ether oxygens (including phenoxy) is 1. The van der Waals surface area contributed by atoms with Gasteiger partial charge in [0.2, 0.25) is 0 Å². The van der Waals surface area contributed by atoms with Gasteiger partial charge in [0, 0.05) is 46.4 Å². The minimum Gasteiger partial charge on any atom is -0.389 e. The molecular formula is C15H26N4O3S. The van der Waals surface area contributed by atoms with Crippen LogP contribution in [0.5, 0.6) is 0 Å². The van der Waals surface area contributed by atoms with Gasteiger partial charge in [0.25, 0.3) is 5.91 Å². The molecule has 0 aromatic carbocycles. The largest absolute Gasteiger partial charge is 0.389 e. The summed E-state index contributed by atoms with van der Waals surface area (Å²) in [5.41, 5.74) is 1.46. The highest BCUT2D eigenvalue weighted by Crippen LogP contribution is 2.25. The summed E-state index contributed by atoms with van der Waals surface area (Å²) in [6.07, 6.45) is -0.476. The van der Waals surface area contributed by atoms with Gasteiger partial charge in [-0.25, -0.2) is 0 Å². The van der Waals surface area contributed by atoms with Crippen LogP contribution in [0.2, 0.25) is 0 Å². The Bertz CT molecular complexity index is 515. The monoisotopic (exact) mass is 342 g/mol. The lowest BCUT2D eigenvalue weighted by molar-refractivity contribution is 0.0111. The molecule has 130 valence electrons. The lowest BCUT2D eigenvalue weighted by Gasteiger charge is -2.35. The van der Waals surface area contributed by atoms with Crippen molar-refractivity contribution < 1.29 is 14.6 Å². The minimum atomic E-state index is -0.476. The molecule has 0 aliphatic carbocycles. The van der Waals surface area contributed by atoms with Crippen LogP contribution < -0.4 is 5.32 Å². The number of aryl methyl sites for hydroxylation is 1. The molecule has 0 spiro atoms. The van der Waals surface area contributed by atoms with Crippen LogP contribution in [0.15, 0.2) is 0 Å². The molecule has 8 heteroatoms. The molecule has 1 aromatic heterocycles. The average Bonchev–Trinajstić information content (AvgIpc) is 2.93. The van der Waals surface area contributed by atoms with Crippen LogP contribution in [0, 0.1) is 6.92 Å². The number of hydrogen-bond acceptors (Lipinski definition) is 7. The standard InChI is InChI=1S/C15H26N4O3S/c1-4-22-10-12(20)9-18-5-7-19(8-6-18)15(21)13-11(2)17-23-14(13)16-3/h12,16,20H,4-10H2,1-3H3/t12-/m0/s1. The fourth-order valence-corrected chi connectivity index (χ4v) is 3.43.